The molecule has 6 nitrogen and oxygen atoms in total. The predicted molar refractivity (Wildman–Crippen MR) is 74.5 cm³/mol. The van der Waals surface area contributed by atoms with Crippen molar-refractivity contribution in [3.8, 4) is 0 Å². The minimum absolute atomic E-state index is 0.00454. The number of ether oxygens (including phenoxy) is 1. The van der Waals surface area contributed by atoms with Crippen molar-refractivity contribution in [3.05, 3.63) is 18.5 Å². The van der Waals surface area contributed by atoms with Crippen LogP contribution < -0.4 is 0 Å². The summed E-state index contributed by atoms with van der Waals surface area (Å²) >= 11 is 0. The molecule has 0 aromatic carbocycles. The van der Waals surface area contributed by atoms with Crippen LogP contribution in [0.15, 0.2) is 18.5 Å². The number of hydrogen-bond donors (Lipinski definition) is 0. The van der Waals surface area contributed by atoms with Crippen LogP contribution in [0.5, 0.6) is 0 Å². The Labute approximate surface area is 127 Å². The number of methoxy groups -OCH3 is 1. The minimum atomic E-state index is -2.66. The van der Waals surface area contributed by atoms with Crippen LogP contribution in [0.3, 0.4) is 0 Å². The van der Waals surface area contributed by atoms with Gasteiger partial charge in [-0.05, 0) is 6.07 Å². The van der Waals surface area contributed by atoms with Crippen LogP contribution in [-0.4, -0.2) is 76.8 Å². The number of carbonyl (C=O) groups is 1. The van der Waals surface area contributed by atoms with Crippen molar-refractivity contribution in [2.24, 2.45) is 0 Å². The zero-order chi connectivity index (χ0) is 15.7. The summed E-state index contributed by atoms with van der Waals surface area (Å²) < 4.78 is 33.8. The monoisotopic (exact) mass is 314 g/mol. The van der Waals surface area contributed by atoms with Crippen LogP contribution in [0.4, 0.5) is 8.78 Å². The Balaban J connectivity index is 1.52. The lowest BCUT2D eigenvalue weighted by Gasteiger charge is -2.45. The van der Waals surface area contributed by atoms with E-state index in [1.165, 1.54) is 7.11 Å². The first-order valence-electron chi connectivity index (χ1n) is 7.36. The van der Waals surface area contributed by atoms with Crippen LogP contribution in [0.1, 0.15) is 6.42 Å². The molecule has 22 heavy (non-hydrogen) atoms. The second kappa shape index (κ2) is 5.92. The van der Waals surface area contributed by atoms with Gasteiger partial charge in [0.15, 0.2) is 0 Å². The standard InChI is InChI=1S/C14H20F2N4O2/c1-22-9-11-5-14(15,16)10-20(11)12-6-18(7-12)13(21)8-19-4-2-3-17-19/h2-4,11-12H,5-10H2,1H3/t11-/m0/s1. The van der Waals surface area contributed by atoms with Crippen LogP contribution in [0.25, 0.3) is 0 Å². The highest BCUT2D eigenvalue weighted by molar-refractivity contribution is 5.76. The van der Waals surface area contributed by atoms with E-state index in [0.29, 0.717) is 19.7 Å². The van der Waals surface area contributed by atoms with Gasteiger partial charge in [0.2, 0.25) is 5.91 Å². The SMILES string of the molecule is COC[C@@H]1CC(F)(F)CN1C1CN(C(=O)Cn2cccn2)C1. The van der Waals surface area contributed by atoms with Gasteiger partial charge in [-0.15, -0.1) is 0 Å². The van der Waals surface area contributed by atoms with Gasteiger partial charge in [0.25, 0.3) is 5.92 Å². The van der Waals surface area contributed by atoms with Gasteiger partial charge in [-0.25, -0.2) is 8.78 Å². The molecule has 122 valence electrons. The second-order valence-corrected chi connectivity index (χ2v) is 6.00. The molecule has 2 saturated heterocycles. The number of amides is 1. The van der Waals surface area contributed by atoms with E-state index < -0.39 is 5.92 Å². The summed E-state index contributed by atoms with van der Waals surface area (Å²) in [5.74, 6) is -2.70. The number of halogens is 2. The fourth-order valence-electron chi connectivity index (χ4n) is 3.20. The molecule has 3 heterocycles. The number of aromatic nitrogens is 2. The third kappa shape index (κ3) is 3.12. The van der Waals surface area contributed by atoms with E-state index >= 15 is 0 Å². The molecule has 0 unspecified atom stereocenters. The lowest BCUT2D eigenvalue weighted by molar-refractivity contribution is -0.140. The fraction of sp³-hybridized carbons (Fsp3) is 0.714. The Hall–Kier alpha value is -1.54. The van der Waals surface area contributed by atoms with Crippen molar-refractivity contribution in [1.82, 2.24) is 19.6 Å². The molecule has 2 aliphatic rings. The molecule has 2 aliphatic heterocycles. The molecule has 2 fully saturated rings. The maximum absolute atomic E-state index is 13.6. The zero-order valence-electron chi connectivity index (χ0n) is 12.5. The molecular formula is C14H20F2N4O2. The number of nitrogens with zero attached hydrogens (tertiary/aromatic N) is 4. The maximum Gasteiger partial charge on any atom is 0.262 e. The maximum atomic E-state index is 13.6. The number of likely N-dealkylation sites (tertiary alicyclic amines) is 2. The van der Waals surface area contributed by atoms with E-state index in [0.717, 1.165) is 0 Å². The molecule has 0 aliphatic carbocycles. The van der Waals surface area contributed by atoms with Gasteiger partial charge in [0.1, 0.15) is 6.54 Å². The van der Waals surface area contributed by atoms with Gasteiger partial charge in [0.05, 0.1) is 13.2 Å². The Bertz CT molecular complexity index is 517. The van der Waals surface area contributed by atoms with Crippen molar-refractivity contribution >= 4 is 5.91 Å². The smallest absolute Gasteiger partial charge is 0.262 e. The summed E-state index contributed by atoms with van der Waals surface area (Å²) in [5, 5.41) is 3.99. The Kier molecular flexibility index (Phi) is 4.14. The fourth-order valence-corrected chi connectivity index (χ4v) is 3.20. The summed E-state index contributed by atoms with van der Waals surface area (Å²) in [4.78, 5) is 15.5. The van der Waals surface area contributed by atoms with Gasteiger partial charge >= 0.3 is 0 Å². The van der Waals surface area contributed by atoms with Crippen LogP contribution >= 0.6 is 0 Å². The van der Waals surface area contributed by atoms with Crippen molar-refractivity contribution in [2.75, 3.05) is 33.4 Å². The van der Waals surface area contributed by atoms with Gasteiger partial charge in [-0.2, -0.15) is 5.10 Å². The van der Waals surface area contributed by atoms with Crippen molar-refractivity contribution < 1.29 is 18.3 Å². The van der Waals surface area contributed by atoms with Crippen molar-refractivity contribution in [1.29, 1.82) is 0 Å². The van der Waals surface area contributed by atoms with Gasteiger partial charge < -0.3 is 9.64 Å². The summed E-state index contributed by atoms with van der Waals surface area (Å²) in [6.45, 7) is 1.24. The first kappa shape index (κ1) is 15.4. The summed E-state index contributed by atoms with van der Waals surface area (Å²) in [7, 11) is 1.52. The van der Waals surface area contributed by atoms with E-state index in [1.807, 2.05) is 0 Å². The molecule has 3 rings (SSSR count). The molecule has 1 amide bonds. The molecule has 0 radical (unpaired) electrons. The lowest BCUT2D eigenvalue weighted by atomic mass is 10.1. The molecular weight excluding hydrogens is 294 g/mol. The quantitative estimate of drug-likeness (QED) is 0.792. The van der Waals surface area contributed by atoms with E-state index in [1.54, 1.807) is 32.9 Å². The lowest BCUT2D eigenvalue weighted by Crippen LogP contribution is -2.63. The normalized spacial score (nSPS) is 25.4. The first-order chi connectivity index (χ1) is 10.5. The van der Waals surface area contributed by atoms with E-state index in [4.69, 9.17) is 4.74 Å². The number of carbonyl (C=O) groups excluding carboxylic acids is 1. The number of hydrogen-bond acceptors (Lipinski definition) is 4. The highest BCUT2D eigenvalue weighted by Gasteiger charge is 2.50. The predicted octanol–water partition coefficient (Wildman–Crippen LogP) is 0.450. The summed E-state index contributed by atoms with van der Waals surface area (Å²) in [6, 6.07) is 1.48. The molecule has 8 heteroatoms. The van der Waals surface area contributed by atoms with E-state index in [-0.39, 0.29) is 37.5 Å². The third-order valence-electron chi connectivity index (χ3n) is 4.32. The Morgan fingerprint density at radius 3 is 2.86 bits per heavy atom. The number of rotatable bonds is 5. The molecule has 1 atom stereocenters. The highest BCUT2D eigenvalue weighted by Crippen LogP contribution is 2.35. The molecule has 1 aromatic rings. The molecule has 0 spiro atoms. The van der Waals surface area contributed by atoms with Crippen LogP contribution in [0, 0.1) is 0 Å². The topological polar surface area (TPSA) is 50.6 Å². The van der Waals surface area contributed by atoms with Gasteiger partial charge in [-0.3, -0.25) is 14.4 Å². The second-order valence-electron chi connectivity index (χ2n) is 6.00. The number of alkyl halides is 2. The zero-order valence-corrected chi connectivity index (χ0v) is 12.5. The van der Waals surface area contributed by atoms with Crippen molar-refractivity contribution in [2.45, 2.75) is 31.0 Å². The first-order valence-corrected chi connectivity index (χ1v) is 7.36. The average Bonchev–Trinajstić information content (AvgIpc) is 2.96. The van der Waals surface area contributed by atoms with Crippen LogP contribution in [-0.2, 0) is 16.1 Å². The summed E-state index contributed by atoms with van der Waals surface area (Å²) in [6.07, 6.45) is 3.18. The highest BCUT2D eigenvalue weighted by atomic mass is 19.3. The summed E-state index contributed by atoms with van der Waals surface area (Å²) in [5.41, 5.74) is 0. The Morgan fingerprint density at radius 2 is 2.23 bits per heavy atom. The van der Waals surface area contributed by atoms with Gasteiger partial charge in [-0.1, -0.05) is 0 Å². The molecule has 0 N–H and O–H groups in total. The van der Waals surface area contributed by atoms with Gasteiger partial charge in [0, 0.05) is 51.1 Å². The van der Waals surface area contributed by atoms with E-state index in [9.17, 15) is 13.6 Å². The molecule has 0 bridgehead atoms. The largest absolute Gasteiger partial charge is 0.383 e. The minimum Gasteiger partial charge on any atom is -0.383 e. The Morgan fingerprint density at radius 1 is 1.45 bits per heavy atom. The molecule has 0 saturated carbocycles. The van der Waals surface area contributed by atoms with E-state index in [2.05, 4.69) is 5.10 Å². The third-order valence-corrected chi connectivity index (χ3v) is 4.32. The van der Waals surface area contributed by atoms with Crippen LogP contribution in [0.2, 0.25) is 0 Å². The average molecular weight is 314 g/mol. The van der Waals surface area contributed by atoms with Crippen molar-refractivity contribution in [3.63, 3.8) is 0 Å². The molecule has 1 aromatic heterocycles.